The summed E-state index contributed by atoms with van der Waals surface area (Å²) in [4.78, 5) is 0. The van der Waals surface area contributed by atoms with E-state index >= 15 is 4.39 Å². The lowest BCUT2D eigenvalue weighted by molar-refractivity contribution is 0.130. The molecule has 0 heterocycles. The van der Waals surface area contributed by atoms with Crippen molar-refractivity contribution in [1.82, 2.24) is 0 Å². The van der Waals surface area contributed by atoms with Crippen molar-refractivity contribution in [2.24, 2.45) is 0 Å². The van der Waals surface area contributed by atoms with Crippen LogP contribution in [-0.2, 0) is 6.42 Å². The second-order valence-electron chi connectivity index (χ2n) is 7.44. The van der Waals surface area contributed by atoms with E-state index in [0.29, 0.717) is 37.7 Å². The molecular formula is C21H27F3. The van der Waals surface area contributed by atoms with Crippen molar-refractivity contribution >= 4 is 0 Å². The average molecular weight is 336 g/mol. The molecule has 1 saturated carbocycles. The van der Waals surface area contributed by atoms with Gasteiger partial charge in [-0.15, -0.1) is 0 Å². The van der Waals surface area contributed by atoms with Crippen molar-refractivity contribution in [2.75, 3.05) is 0 Å². The summed E-state index contributed by atoms with van der Waals surface area (Å²) < 4.78 is 44.1. The highest BCUT2D eigenvalue weighted by Gasteiger charge is 2.40. The van der Waals surface area contributed by atoms with E-state index in [-0.39, 0.29) is 11.5 Å². The smallest absolute Gasteiger partial charge is 0.132 e. The third-order valence-electron chi connectivity index (χ3n) is 5.73. The first kappa shape index (κ1) is 17.6. The van der Waals surface area contributed by atoms with E-state index in [0.717, 1.165) is 37.7 Å². The Morgan fingerprint density at radius 1 is 1.08 bits per heavy atom. The first-order valence-electron chi connectivity index (χ1n) is 9.40. The molecule has 0 aliphatic heterocycles. The molecule has 0 aromatic heterocycles. The summed E-state index contributed by atoms with van der Waals surface area (Å²) in [5.74, 6) is -1.10. The van der Waals surface area contributed by atoms with Crippen LogP contribution in [0.1, 0.15) is 81.8 Å². The molecule has 3 heteroatoms. The fraction of sp³-hybridized carbons (Fsp3) is 0.619. The van der Waals surface area contributed by atoms with Gasteiger partial charge in [-0.05, 0) is 87.0 Å². The van der Waals surface area contributed by atoms with Crippen molar-refractivity contribution in [2.45, 2.75) is 82.7 Å². The van der Waals surface area contributed by atoms with Gasteiger partial charge < -0.3 is 0 Å². The van der Waals surface area contributed by atoms with Gasteiger partial charge in [-0.3, -0.25) is 0 Å². The Labute approximate surface area is 143 Å². The lowest BCUT2D eigenvalue weighted by Crippen LogP contribution is -2.32. The number of hydrogen-bond acceptors (Lipinski definition) is 0. The topological polar surface area (TPSA) is 0 Å². The number of halogens is 3. The molecule has 0 radical (unpaired) electrons. The van der Waals surface area contributed by atoms with Crippen LogP contribution >= 0.6 is 0 Å². The molecule has 0 saturated heterocycles. The Balaban J connectivity index is 1.74. The van der Waals surface area contributed by atoms with E-state index in [2.05, 4.69) is 6.08 Å². The maximum absolute atomic E-state index is 15.3. The van der Waals surface area contributed by atoms with Crippen LogP contribution in [0.25, 0.3) is 0 Å². The van der Waals surface area contributed by atoms with Gasteiger partial charge in [0.15, 0.2) is 0 Å². The molecule has 24 heavy (non-hydrogen) atoms. The lowest BCUT2D eigenvalue weighted by Gasteiger charge is -2.37. The highest BCUT2D eigenvalue weighted by atomic mass is 19.1. The van der Waals surface area contributed by atoms with E-state index in [1.54, 1.807) is 0 Å². The monoisotopic (exact) mass is 336 g/mol. The molecule has 1 fully saturated rings. The third kappa shape index (κ3) is 3.55. The summed E-state index contributed by atoms with van der Waals surface area (Å²) in [6, 6.07) is 2.92. The number of allylic oxidation sites excluding steroid dienone is 2. The quantitative estimate of drug-likeness (QED) is 0.531. The first-order valence-corrected chi connectivity index (χ1v) is 9.40. The summed E-state index contributed by atoms with van der Waals surface area (Å²) in [6.45, 7) is 1.99. The molecule has 0 amide bonds. The van der Waals surface area contributed by atoms with Gasteiger partial charge in [-0.1, -0.05) is 19.4 Å². The molecule has 0 unspecified atom stereocenters. The first-order chi connectivity index (χ1) is 11.5. The van der Waals surface area contributed by atoms with Gasteiger partial charge >= 0.3 is 0 Å². The second-order valence-corrected chi connectivity index (χ2v) is 7.44. The summed E-state index contributed by atoms with van der Waals surface area (Å²) >= 11 is 0. The predicted molar refractivity (Wildman–Crippen MR) is 92.0 cm³/mol. The standard InChI is InChI=1S/C21H27F3/c1-2-6-15-13-18(22)20(19(23)14-15)16-9-11-21(24,12-10-16)17-7-4-3-5-8-17/h7,13-14,16H,2-6,8-12H2,1H3. The predicted octanol–water partition coefficient (Wildman–Crippen LogP) is 6.78. The second kappa shape index (κ2) is 7.33. The summed E-state index contributed by atoms with van der Waals surface area (Å²) in [5.41, 5.74) is 0.576. The zero-order valence-corrected chi connectivity index (χ0v) is 14.5. The fourth-order valence-electron chi connectivity index (χ4n) is 4.39. The molecule has 2 aliphatic carbocycles. The van der Waals surface area contributed by atoms with E-state index in [1.807, 2.05) is 6.92 Å². The third-order valence-corrected chi connectivity index (χ3v) is 5.73. The molecular weight excluding hydrogens is 309 g/mol. The molecule has 1 aromatic carbocycles. The van der Waals surface area contributed by atoms with Crippen molar-refractivity contribution in [1.29, 1.82) is 0 Å². The molecule has 132 valence electrons. The van der Waals surface area contributed by atoms with E-state index in [1.165, 1.54) is 12.1 Å². The number of benzene rings is 1. The fourth-order valence-corrected chi connectivity index (χ4v) is 4.39. The minimum atomic E-state index is -1.24. The molecule has 0 spiro atoms. The van der Waals surface area contributed by atoms with Gasteiger partial charge in [0, 0.05) is 5.56 Å². The number of aryl methyl sites for hydroxylation is 1. The number of alkyl halides is 1. The van der Waals surface area contributed by atoms with Crippen LogP contribution < -0.4 is 0 Å². The zero-order chi connectivity index (χ0) is 17.2. The van der Waals surface area contributed by atoms with Crippen LogP contribution in [0.5, 0.6) is 0 Å². The summed E-state index contributed by atoms with van der Waals surface area (Å²) in [7, 11) is 0. The Hall–Kier alpha value is -1.25. The summed E-state index contributed by atoms with van der Waals surface area (Å²) in [6.07, 6.45) is 9.43. The Bertz CT molecular complexity index is 587. The van der Waals surface area contributed by atoms with Gasteiger partial charge in [-0.2, -0.15) is 0 Å². The highest BCUT2D eigenvalue weighted by molar-refractivity contribution is 5.31. The minimum absolute atomic E-state index is 0.175. The molecule has 0 bridgehead atoms. The van der Waals surface area contributed by atoms with Crippen LogP contribution in [0.3, 0.4) is 0 Å². The Morgan fingerprint density at radius 2 is 1.75 bits per heavy atom. The minimum Gasteiger partial charge on any atom is -0.239 e. The lowest BCUT2D eigenvalue weighted by atomic mass is 9.71. The zero-order valence-electron chi connectivity index (χ0n) is 14.5. The number of rotatable bonds is 4. The molecule has 2 aliphatic rings. The maximum atomic E-state index is 15.3. The van der Waals surface area contributed by atoms with Crippen LogP contribution in [0.15, 0.2) is 23.8 Å². The van der Waals surface area contributed by atoms with E-state index in [4.69, 9.17) is 0 Å². The van der Waals surface area contributed by atoms with Crippen molar-refractivity contribution in [3.63, 3.8) is 0 Å². The molecule has 3 rings (SSSR count). The summed E-state index contributed by atoms with van der Waals surface area (Å²) in [5, 5.41) is 0. The normalized spacial score (nSPS) is 27.8. The van der Waals surface area contributed by atoms with E-state index < -0.39 is 17.3 Å². The van der Waals surface area contributed by atoms with Gasteiger partial charge in [0.05, 0.1) is 0 Å². The Kier molecular flexibility index (Phi) is 5.36. The van der Waals surface area contributed by atoms with Gasteiger partial charge in [0.2, 0.25) is 0 Å². The largest absolute Gasteiger partial charge is 0.239 e. The van der Waals surface area contributed by atoms with Crippen LogP contribution in [-0.4, -0.2) is 5.67 Å². The van der Waals surface area contributed by atoms with Gasteiger partial charge in [0.1, 0.15) is 17.3 Å². The molecule has 1 aromatic rings. The average Bonchev–Trinajstić information content (AvgIpc) is 2.57. The van der Waals surface area contributed by atoms with Crippen LogP contribution in [0.4, 0.5) is 13.2 Å². The molecule has 0 nitrogen and oxygen atoms in total. The molecule has 0 atom stereocenters. The SMILES string of the molecule is CCCc1cc(F)c(C2CCC(F)(C3=CCCCC3)CC2)c(F)c1. The van der Waals surface area contributed by atoms with Crippen LogP contribution in [0, 0.1) is 11.6 Å². The van der Waals surface area contributed by atoms with Gasteiger partial charge in [-0.25, -0.2) is 13.2 Å². The van der Waals surface area contributed by atoms with Crippen LogP contribution in [0.2, 0.25) is 0 Å². The number of hydrogen-bond donors (Lipinski definition) is 0. The van der Waals surface area contributed by atoms with Gasteiger partial charge in [0.25, 0.3) is 0 Å². The van der Waals surface area contributed by atoms with Crippen molar-refractivity contribution < 1.29 is 13.2 Å². The maximum Gasteiger partial charge on any atom is 0.132 e. The van der Waals surface area contributed by atoms with E-state index in [9.17, 15) is 8.78 Å². The van der Waals surface area contributed by atoms with Crippen molar-refractivity contribution in [3.8, 4) is 0 Å². The highest BCUT2D eigenvalue weighted by Crippen LogP contribution is 2.47. The van der Waals surface area contributed by atoms with Crippen molar-refractivity contribution in [3.05, 3.63) is 46.5 Å². The molecule has 0 N–H and O–H groups in total. The Morgan fingerprint density at radius 3 is 2.29 bits per heavy atom.